The monoisotopic (exact) mass is 475 g/mol. The maximum absolute atomic E-state index is 5.91. The molecule has 0 unspecified atom stereocenters. The number of nitrogens with one attached hydrogen (secondary N) is 2. The quantitative estimate of drug-likeness (QED) is 0.221. The van der Waals surface area contributed by atoms with Crippen LogP contribution in [-0.4, -0.2) is 45.9 Å². The Balaban J connectivity index is 0.00000338. The standard InChI is InChI=1S/C20H33N3O2.HI/c1-16(2)18-7-4-5-8-19(18)25-14-12-23-20(21-3)22-11-6-13-24-15-17-9-10-17;/h4-5,7-8,16-17H,6,9-15H2,1-3H3,(H2,21,22,23);1H. The summed E-state index contributed by atoms with van der Waals surface area (Å²) in [6.07, 6.45) is 3.68. The molecular weight excluding hydrogens is 441 g/mol. The van der Waals surface area contributed by atoms with Crippen molar-refractivity contribution in [3.63, 3.8) is 0 Å². The smallest absolute Gasteiger partial charge is 0.191 e. The summed E-state index contributed by atoms with van der Waals surface area (Å²) in [5, 5.41) is 6.59. The van der Waals surface area contributed by atoms with E-state index < -0.39 is 0 Å². The van der Waals surface area contributed by atoms with E-state index in [-0.39, 0.29) is 24.0 Å². The maximum atomic E-state index is 5.91. The van der Waals surface area contributed by atoms with Crippen LogP contribution >= 0.6 is 24.0 Å². The van der Waals surface area contributed by atoms with Gasteiger partial charge in [0.05, 0.1) is 6.54 Å². The molecule has 2 N–H and O–H groups in total. The number of hydrogen-bond acceptors (Lipinski definition) is 3. The highest BCUT2D eigenvalue weighted by Crippen LogP contribution is 2.28. The maximum Gasteiger partial charge on any atom is 0.191 e. The van der Waals surface area contributed by atoms with Crippen LogP contribution in [0.15, 0.2) is 29.3 Å². The van der Waals surface area contributed by atoms with Gasteiger partial charge in [-0.25, -0.2) is 0 Å². The average molecular weight is 475 g/mol. The predicted molar refractivity (Wildman–Crippen MR) is 119 cm³/mol. The zero-order valence-corrected chi connectivity index (χ0v) is 18.6. The average Bonchev–Trinajstić information content (AvgIpc) is 3.44. The fourth-order valence-corrected chi connectivity index (χ4v) is 2.56. The van der Waals surface area contributed by atoms with Gasteiger partial charge in [0.1, 0.15) is 12.4 Å². The van der Waals surface area contributed by atoms with E-state index >= 15 is 0 Å². The van der Waals surface area contributed by atoms with Gasteiger partial charge in [0.25, 0.3) is 0 Å². The molecule has 1 aromatic carbocycles. The van der Waals surface area contributed by atoms with Crippen molar-refractivity contribution in [3.05, 3.63) is 29.8 Å². The van der Waals surface area contributed by atoms with Crippen molar-refractivity contribution in [2.24, 2.45) is 10.9 Å². The molecule has 148 valence electrons. The predicted octanol–water partition coefficient (Wildman–Crippen LogP) is 3.79. The summed E-state index contributed by atoms with van der Waals surface area (Å²) >= 11 is 0. The van der Waals surface area contributed by atoms with E-state index in [0.29, 0.717) is 19.1 Å². The largest absolute Gasteiger partial charge is 0.491 e. The number of nitrogens with zero attached hydrogens (tertiary/aromatic N) is 1. The van der Waals surface area contributed by atoms with Gasteiger partial charge >= 0.3 is 0 Å². The fraction of sp³-hybridized carbons (Fsp3) is 0.650. The van der Waals surface area contributed by atoms with Crippen molar-refractivity contribution in [2.45, 2.75) is 39.0 Å². The highest BCUT2D eigenvalue weighted by Gasteiger charge is 2.20. The Morgan fingerprint density at radius 2 is 1.88 bits per heavy atom. The van der Waals surface area contributed by atoms with Crippen LogP contribution in [0.1, 0.15) is 44.6 Å². The summed E-state index contributed by atoms with van der Waals surface area (Å²) in [4.78, 5) is 4.23. The van der Waals surface area contributed by atoms with Gasteiger partial charge in [-0.1, -0.05) is 32.0 Å². The zero-order valence-electron chi connectivity index (χ0n) is 16.3. The minimum atomic E-state index is 0. The SMILES string of the molecule is CN=C(NCCCOCC1CC1)NCCOc1ccccc1C(C)C.I. The molecule has 1 aliphatic carbocycles. The van der Waals surface area contributed by atoms with Crippen molar-refractivity contribution in [3.8, 4) is 5.75 Å². The zero-order chi connectivity index (χ0) is 17.9. The first-order chi connectivity index (χ1) is 12.2. The molecule has 5 nitrogen and oxygen atoms in total. The van der Waals surface area contributed by atoms with Crippen LogP contribution in [0.3, 0.4) is 0 Å². The third-order valence-electron chi connectivity index (χ3n) is 4.23. The Morgan fingerprint density at radius 1 is 1.15 bits per heavy atom. The molecule has 0 aliphatic heterocycles. The van der Waals surface area contributed by atoms with E-state index in [4.69, 9.17) is 9.47 Å². The van der Waals surface area contributed by atoms with Crippen molar-refractivity contribution in [1.29, 1.82) is 0 Å². The minimum absolute atomic E-state index is 0. The van der Waals surface area contributed by atoms with E-state index in [1.807, 2.05) is 12.1 Å². The van der Waals surface area contributed by atoms with Gasteiger partial charge in [0.15, 0.2) is 5.96 Å². The van der Waals surface area contributed by atoms with E-state index in [2.05, 4.69) is 41.6 Å². The fourth-order valence-electron chi connectivity index (χ4n) is 2.56. The molecule has 1 saturated carbocycles. The molecule has 2 rings (SSSR count). The third-order valence-corrected chi connectivity index (χ3v) is 4.23. The molecule has 0 saturated heterocycles. The summed E-state index contributed by atoms with van der Waals surface area (Å²) < 4.78 is 11.5. The lowest BCUT2D eigenvalue weighted by molar-refractivity contribution is 0.123. The van der Waals surface area contributed by atoms with Crippen molar-refractivity contribution >= 4 is 29.9 Å². The molecule has 1 aliphatic rings. The first kappa shape index (κ1) is 23.0. The molecule has 1 fully saturated rings. The first-order valence-electron chi connectivity index (χ1n) is 9.44. The molecule has 0 radical (unpaired) electrons. The van der Waals surface area contributed by atoms with Gasteiger partial charge in [-0.3, -0.25) is 4.99 Å². The summed E-state index contributed by atoms with van der Waals surface area (Å²) in [5.74, 6) is 3.07. The molecule has 1 aromatic rings. The molecule has 0 heterocycles. The Hall–Kier alpha value is -1.02. The Bertz CT molecular complexity index is 534. The highest BCUT2D eigenvalue weighted by molar-refractivity contribution is 14.0. The minimum Gasteiger partial charge on any atom is -0.491 e. The normalized spacial score (nSPS) is 14.1. The van der Waals surface area contributed by atoms with Gasteiger partial charge in [-0.15, -0.1) is 24.0 Å². The number of ether oxygens (including phenoxy) is 2. The summed E-state index contributed by atoms with van der Waals surface area (Å²) in [7, 11) is 1.79. The van der Waals surface area contributed by atoms with E-state index in [0.717, 1.165) is 43.8 Å². The van der Waals surface area contributed by atoms with E-state index in [1.54, 1.807) is 7.05 Å². The Kier molecular flexibility index (Phi) is 11.7. The van der Waals surface area contributed by atoms with Crippen LogP contribution in [0, 0.1) is 5.92 Å². The van der Waals surface area contributed by atoms with Crippen molar-refractivity contribution < 1.29 is 9.47 Å². The van der Waals surface area contributed by atoms with Gasteiger partial charge in [-0.2, -0.15) is 0 Å². The summed E-state index contributed by atoms with van der Waals surface area (Å²) in [5.41, 5.74) is 1.25. The van der Waals surface area contributed by atoms with Gasteiger partial charge < -0.3 is 20.1 Å². The van der Waals surface area contributed by atoms with Crippen LogP contribution in [0.25, 0.3) is 0 Å². The lowest BCUT2D eigenvalue weighted by Crippen LogP contribution is -2.39. The molecular formula is C20H34IN3O2. The number of aliphatic imine (C=N–C) groups is 1. The highest BCUT2D eigenvalue weighted by atomic mass is 127. The topological polar surface area (TPSA) is 54.9 Å². The lowest BCUT2D eigenvalue weighted by atomic mass is 10.0. The van der Waals surface area contributed by atoms with Crippen molar-refractivity contribution in [1.82, 2.24) is 10.6 Å². The molecule has 26 heavy (non-hydrogen) atoms. The van der Waals surface area contributed by atoms with Crippen LogP contribution in [0.5, 0.6) is 5.75 Å². The Morgan fingerprint density at radius 3 is 2.58 bits per heavy atom. The summed E-state index contributed by atoms with van der Waals surface area (Å²) in [6, 6.07) is 8.23. The first-order valence-corrected chi connectivity index (χ1v) is 9.44. The molecule has 0 amide bonds. The second-order valence-corrected chi connectivity index (χ2v) is 6.84. The molecule has 0 bridgehead atoms. The second kappa shape index (κ2) is 13.2. The summed E-state index contributed by atoms with van der Waals surface area (Å²) in [6.45, 7) is 8.29. The van der Waals surface area contributed by atoms with Crippen molar-refractivity contribution in [2.75, 3.05) is 40.0 Å². The van der Waals surface area contributed by atoms with Crippen LogP contribution < -0.4 is 15.4 Å². The number of guanidine groups is 1. The van der Waals surface area contributed by atoms with E-state index in [1.165, 1.54) is 18.4 Å². The van der Waals surface area contributed by atoms with Crippen LogP contribution in [-0.2, 0) is 4.74 Å². The third kappa shape index (κ3) is 9.07. The lowest BCUT2D eigenvalue weighted by Gasteiger charge is -2.15. The van der Waals surface area contributed by atoms with Crippen LogP contribution in [0.2, 0.25) is 0 Å². The van der Waals surface area contributed by atoms with E-state index in [9.17, 15) is 0 Å². The molecule has 0 spiro atoms. The number of rotatable bonds is 11. The second-order valence-electron chi connectivity index (χ2n) is 6.84. The van der Waals surface area contributed by atoms with Crippen LogP contribution in [0.4, 0.5) is 0 Å². The Labute approximate surface area is 175 Å². The number of hydrogen-bond donors (Lipinski definition) is 2. The van der Waals surface area contributed by atoms with Gasteiger partial charge in [0, 0.05) is 26.8 Å². The number of halogens is 1. The van der Waals surface area contributed by atoms with Gasteiger partial charge in [-0.05, 0) is 42.7 Å². The molecule has 6 heteroatoms. The van der Waals surface area contributed by atoms with Gasteiger partial charge in [0.2, 0.25) is 0 Å². The molecule has 0 atom stereocenters. The number of para-hydroxylation sites is 1. The molecule has 0 aromatic heterocycles. The number of benzene rings is 1.